The predicted octanol–water partition coefficient (Wildman–Crippen LogP) is 1.89. The Morgan fingerprint density at radius 2 is 2.00 bits per heavy atom. The molecule has 0 atom stereocenters. The van der Waals surface area contributed by atoms with Crippen LogP contribution in [-0.4, -0.2) is 35.7 Å². The Morgan fingerprint density at radius 1 is 1.46 bits per heavy atom. The Balaban J connectivity index is 2.34. The lowest BCUT2D eigenvalue weighted by Crippen LogP contribution is -2.40. The van der Waals surface area contributed by atoms with E-state index >= 15 is 0 Å². The molecule has 76 valence electrons. The molecule has 0 aromatic heterocycles. The Bertz CT molecular complexity index is 181. The van der Waals surface area contributed by atoms with Gasteiger partial charge in [-0.3, -0.25) is 4.79 Å². The molecular weight excluding hydrogens is 244 g/mol. The summed E-state index contributed by atoms with van der Waals surface area (Å²) in [5.74, 6) is -0.521. The van der Waals surface area contributed by atoms with E-state index in [9.17, 15) is 13.6 Å². The van der Waals surface area contributed by atoms with Crippen LogP contribution in [0.25, 0.3) is 0 Å². The third kappa shape index (κ3) is 2.90. The number of hydrogen-bond donors (Lipinski definition) is 0. The number of nitrogens with zero attached hydrogens (tertiary/aromatic N) is 1. The minimum absolute atomic E-state index is 0.00674. The highest BCUT2D eigenvalue weighted by atomic mass is 79.9. The van der Waals surface area contributed by atoms with E-state index in [1.165, 1.54) is 0 Å². The minimum Gasteiger partial charge on any atom is -0.342 e. The first-order valence-corrected chi connectivity index (χ1v) is 5.39. The van der Waals surface area contributed by atoms with E-state index in [0.717, 1.165) is 0 Å². The molecule has 1 rings (SSSR count). The highest BCUT2D eigenvalue weighted by Crippen LogP contribution is 2.23. The fourth-order valence-electron chi connectivity index (χ4n) is 1.49. The van der Waals surface area contributed by atoms with E-state index in [0.29, 0.717) is 25.9 Å². The van der Waals surface area contributed by atoms with Crippen molar-refractivity contribution < 1.29 is 13.6 Å². The molecule has 0 aromatic carbocycles. The van der Waals surface area contributed by atoms with Gasteiger partial charge >= 0.3 is 0 Å². The van der Waals surface area contributed by atoms with Gasteiger partial charge in [0.1, 0.15) is 0 Å². The lowest BCUT2D eigenvalue weighted by atomic mass is 9.97. The van der Waals surface area contributed by atoms with E-state index in [1.54, 1.807) is 4.90 Å². The van der Waals surface area contributed by atoms with Crippen molar-refractivity contribution in [2.75, 3.05) is 18.4 Å². The molecule has 1 heterocycles. The number of likely N-dealkylation sites (tertiary alicyclic amines) is 1. The SMILES string of the molecule is O=C(CBr)N1CCC(C(F)F)CC1. The van der Waals surface area contributed by atoms with Crippen LogP contribution in [0.2, 0.25) is 0 Å². The molecular formula is C8H12BrF2NO. The van der Waals surface area contributed by atoms with Gasteiger partial charge in [-0.25, -0.2) is 8.78 Å². The quantitative estimate of drug-likeness (QED) is 0.691. The standard InChI is InChI=1S/C8H12BrF2NO/c9-5-7(13)12-3-1-6(2-4-12)8(10)11/h6,8H,1-5H2. The lowest BCUT2D eigenvalue weighted by Gasteiger charge is -2.31. The van der Waals surface area contributed by atoms with E-state index in [4.69, 9.17) is 0 Å². The highest BCUT2D eigenvalue weighted by molar-refractivity contribution is 9.09. The molecule has 0 aromatic rings. The van der Waals surface area contributed by atoms with Crippen LogP contribution in [0, 0.1) is 5.92 Å². The Morgan fingerprint density at radius 3 is 2.38 bits per heavy atom. The molecule has 0 bridgehead atoms. The van der Waals surface area contributed by atoms with Crippen LogP contribution >= 0.6 is 15.9 Å². The molecule has 0 radical (unpaired) electrons. The van der Waals surface area contributed by atoms with Crippen molar-refractivity contribution in [3.05, 3.63) is 0 Å². The average Bonchev–Trinajstić information content (AvgIpc) is 2.17. The van der Waals surface area contributed by atoms with E-state index in [1.807, 2.05) is 0 Å². The fourth-order valence-corrected chi connectivity index (χ4v) is 1.84. The van der Waals surface area contributed by atoms with Gasteiger partial charge in [0.25, 0.3) is 0 Å². The van der Waals surface area contributed by atoms with Crippen molar-refractivity contribution in [1.29, 1.82) is 0 Å². The van der Waals surface area contributed by atoms with Crippen LogP contribution in [0.5, 0.6) is 0 Å². The predicted molar refractivity (Wildman–Crippen MR) is 49.1 cm³/mol. The monoisotopic (exact) mass is 255 g/mol. The van der Waals surface area contributed by atoms with Gasteiger partial charge in [-0.1, -0.05) is 15.9 Å². The normalized spacial score (nSPS) is 19.5. The van der Waals surface area contributed by atoms with E-state index in [-0.39, 0.29) is 11.2 Å². The molecule has 13 heavy (non-hydrogen) atoms. The van der Waals surface area contributed by atoms with Crippen molar-refractivity contribution in [2.24, 2.45) is 5.92 Å². The van der Waals surface area contributed by atoms with Crippen molar-refractivity contribution in [2.45, 2.75) is 19.3 Å². The zero-order valence-corrected chi connectivity index (χ0v) is 8.77. The van der Waals surface area contributed by atoms with Crippen LogP contribution in [0.15, 0.2) is 0 Å². The highest BCUT2D eigenvalue weighted by Gasteiger charge is 2.27. The van der Waals surface area contributed by atoms with Crippen LogP contribution in [-0.2, 0) is 4.79 Å². The third-order valence-electron chi connectivity index (χ3n) is 2.36. The molecule has 1 aliphatic heterocycles. The molecule has 1 fully saturated rings. The number of alkyl halides is 3. The van der Waals surface area contributed by atoms with Crippen LogP contribution in [0.4, 0.5) is 8.78 Å². The summed E-state index contributed by atoms with van der Waals surface area (Å²) in [6.45, 7) is 0.943. The van der Waals surface area contributed by atoms with E-state index in [2.05, 4.69) is 15.9 Å². The summed E-state index contributed by atoms with van der Waals surface area (Å²) >= 11 is 3.05. The summed E-state index contributed by atoms with van der Waals surface area (Å²) in [5, 5.41) is 0.284. The molecule has 0 saturated carbocycles. The summed E-state index contributed by atoms with van der Waals surface area (Å²) in [5.41, 5.74) is 0. The lowest BCUT2D eigenvalue weighted by molar-refractivity contribution is -0.130. The molecule has 1 saturated heterocycles. The molecule has 0 N–H and O–H groups in total. The number of piperidine rings is 1. The van der Waals surface area contributed by atoms with Crippen molar-refractivity contribution in [3.8, 4) is 0 Å². The number of halogens is 3. The number of carbonyl (C=O) groups is 1. The molecule has 5 heteroatoms. The molecule has 0 spiro atoms. The Hall–Kier alpha value is -0.190. The van der Waals surface area contributed by atoms with E-state index < -0.39 is 12.3 Å². The maximum atomic E-state index is 12.2. The van der Waals surface area contributed by atoms with Gasteiger partial charge in [-0.2, -0.15) is 0 Å². The first-order valence-electron chi connectivity index (χ1n) is 4.27. The topological polar surface area (TPSA) is 20.3 Å². The molecule has 0 unspecified atom stereocenters. The minimum atomic E-state index is -2.23. The second-order valence-corrected chi connectivity index (χ2v) is 3.75. The van der Waals surface area contributed by atoms with Crippen molar-refractivity contribution in [1.82, 2.24) is 4.90 Å². The smallest absolute Gasteiger partial charge is 0.241 e. The van der Waals surface area contributed by atoms with Gasteiger partial charge in [0.2, 0.25) is 12.3 Å². The third-order valence-corrected chi connectivity index (χ3v) is 2.84. The van der Waals surface area contributed by atoms with Gasteiger partial charge in [0.15, 0.2) is 0 Å². The van der Waals surface area contributed by atoms with Gasteiger partial charge in [0.05, 0.1) is 5.33 Å². The Kier molecular flexibility index (Phi) is 4.09. The number of amides is 1. The van der Waals surface area contributed by atoms with Crippen molar-refractivity contribution in [3.63, 3.8) is 0 Å². The van der Waals surface area contributed by atoms with Gasteiger partial charge in [-0.15, -0.1) is 0 Å². The zero-order valence-electron chi connectivity index (χ0n) is 7.18. The number of carbonyl (C=O) groups excluding carboxylic acids is 1. The van der Waals surface area contributed by atoms with Crippen LogP contribution < -0.4 is 0 Å². The summed E-state index contributed by atoms with van der Waals surface area (Å²) in [4.78, 5) is 12.8. The summed E-state index contributed by atoms with van der Waals surface area (Å²) in [6.07, 6.45) is -1.38. The first kappa shape index (κ1) is 10.9. The Labute approximate surface area is 84.4 Å². The van der Waals surface area contributed by atoms with Gasteiger partial charge in [0, 0.05) is 19.0 Å². The largest absolute Gasteiger partial charge is 0.342 e. The van der Waals surface area contributed by atoms with Gasteiger partial charge in [-0.05, 0) is 12.8 Å². The molecule has 0 aliphatic carbocycles. The maximum Gasteiger partial charge on any atom is 0.241 e. The first-order chi connectivity index (χ1) is 6.15. The zero-order chi connectivity index (χ0) is 9.84. The molecule has 2 nitrogen and oxygen atoms in total. The summed E-state index contributed by atoms with van der Waals surface area (Å²) in [6, 6.07) is 0. The average molecular weight is 256 g/mol. The summed E-state index contributed by atoms with van der Waals surface area (Å²) < 4.78 is 24.4. The summed E-state index contributed by atoms with van der Waals surface area (Å²) in [7, 11) is 0. The van der Waals surface area contributed by atoms with Crippen LogP contribution in [0.1, 0.15) is 12.8 Å². The second kappa shape index (κ2) is 4.88. The van der Waals surface area contributed by atoms with Crippen LogP contribution in [0.3, 0.4) is 0 Å². The van der Waals surface area contributed by atoms with Gasteiger partial charge < -0.3 is 4.90 Å². The number of rotatable bonds is 2. The fraction of sp³-hybridized carbons (Fsp3) is 0.875. The van der Waals surface area contributed by atoms with Crippen molar-refractivity contribution >= 4 is 21.8 Å². The molecule has 1 amide bonds. The molecule has 1 aliphatic rings. The maximum absolute atomic E-state index is 12.2. The second-order valence-electron chi connectivity index (χ2n) is 3.19. The number of hydrogen-bond acceptors (Lipinski definition) is 1.